The number of ether oxygens (including phenoxy) is 1. The van der Waals surface area contributed by atoms with Crippen LogP contribution in [-0.2, 0) is 20.7 Å². The third kappa shape index (κ3) is 5.24. The van der Waals surface area contributed by atoms with Crippen LogP contribution in [0.5, 0.6) is 0 Å². The van der Waals surface area contributed by atoms with E-state index < -0.39 is 58.5 Å². The molecule has 0 aliphatic heterocycles. The van der Waals surface area contributed by atoms with E-state index in [-0.39, 0.29) is 23.4 Å². The van der Waals surface area contributed by atoms with Crippen LogP contribution in [0.1, 0.15) is 66.4 Å². The lowest BCUT2D eigenvalue weighted by atomic mass is 9.99. The van der Waals surface area contributed by atoms with E-state index in [2.05, 4.69) is 10.6 Å². The first-order valence-electron chi connectivity index (χ1n) is 10.5. The summed E-state index contributed by atoms with van der Waals surface area (Å²) in [6, 6.07) is 1.91. The number of fused-ring (bicyclic) bond motifs is 1. The van der Waals surface area contributed by atoms with Crippen molar-refractivity contribution >= 4 is 40.1 Å². The molecule has 1 aromatic carbocycles. The second kappa shape index (κ2) is 9.49. The molecule has 2 atom stereocenters. The molecule has 3 rings (SSSR count). The fourth-order valence-corrected chi connectivity index (χ4v) is 4.98. The monoisotopic (exact) mass is 494 g/mol. The SMILES string of the molecule is CC(NC(=O)OC(C)(C)C)C(=O)Nc1sc2c(c1C(=O)c1c(F)cccc1F)CCC2C(=O)O. The number of rotatable bonds is 6. The number of amides is 2. The molecule has 3 N–H and O–H groups in total. The number of anilines is 1. The first-order valence-corrected chi connectivity index (χ1v) is 11.3. The summed E-state index contributed by atoms with van der Waals surface area (Å²) >= 11 is 0.872. The molecular formula is C23H24F2N2O6S. The third-order valence-corrected chi connectivity index (χ3v) is 6.38. The number of carbonyl (C=O) groups is 4. The zero-order valence-corrected chi connectivity index (χ0v) is 19.8. The van der Waals surface area contributed by atoms with E-state index >= 15 is 0 Å². The number of benzene rings is 1. The first-order chi connectivity index (χ1) is 15.8. The number of aliphatic carboxylic acids is 1. The number of alkyl carbamates (subject to hydrolysis) is 1. The van der Waals surface area contributed by atoms with Gasteiger partial charge in [0.05, 0.1) is 17.0 Å². The second-order valence-corrected chi connectivity index (χ2v) is 9.91. The summed E-state index contributed by atoms with van der Waals surface area (Å²) in [5.41, 5.74) is -1.39. The van der Waals surface area contributed by atoms with Gasteiger partial charge in [-0.2, -0.15) is 0 Å². The van der Waals surface area contributed by atoms with Gasteiger partial charge in [-0.15, -0.1) is 11.3 Å². The van der Waals surface area contributed by atoms with Crippen LogP contribution < -0.4 is 10.6 Å². The normalized spacial score (nSPS) is 15.9. The third-order valence-electron chi connectivity index (χ3n) is 5.12. The highest BCUT2D eigenvalue weighted by molar-refractivity contribution is 7.17. The molecule has 0 fully saturated rings. The van der Waals surface area contributed by atoms with Crippen LogP contribution in [0.15, 0.2) is 18.2 Å². The summed E-state index contributed by atoms with van der Waals surface area (Å²) in [4.78, 5) is 50.0. The molecule has 2 unspecified atom stereocenters. The second-order valence-electron chi connectivity index (χ2n) is 8.86. The maximum absolute atomic E-state index is 14.4. The first kappa shape index (κ1) is 25.3. The van der Waals surface area contributed by atoms with Crippen LogP contribution in [0.3, 0.4) is 0 Å². The number of halogens is 2. The predicted molar refractivity (Wildman–Crippen MR) is 120 cm³/mol. The van der Waals surface area contributed by atoms with E-state index in [0.717, 1.165) is 29.5 Å². The van der Waals surface area contributed by atoms with Gasteiger partial charge in [-0.25, -0.2) is 13.6 Å². The number of thiophene rings is 1. The summed E-state index contributed by atoms with van der Waals surface area (Å²) < 4.78 is 33.8. The van der Waals surface area contributed by atoms with Crippen molar-refractivity contribution in [1.29, 1.82) is 0 Å². The minimum atomic E-state index is -1.10. The molecule has 2 amide bonds. The van der Waals surface area contributed by atoms with Gasteiger partial charge in [0, 0.05) is 4.88 Å². The van der Waals surface area contributed by atoms with Crippen molar-refractivity contribution in [2.45, 2.75) is 58.1 Å². The Morgan fingerprint density at radius 1 is 1.15 bits per heavy atom. The molecule has 0 saturated heterocycles. The summed E-state index contributed by atoms with van der Waals surface area (Å²) in [6.45, 7) is 6.36. The molecule has 34 heavy (non-hydrogen) atoms. The molecule has 2 aromatic rings. The van der Waals surface area contributed by atoms with E-state index in [9.17, 15) is 33.1 Å². The summed E-state index contributed by atoms with van der Waals surface area (Å²) in [5, 5.41) is 14.4. The average molecular weight is 495 g/mol. The molecule has 8 nitrogen and oxygen atoms in total. The van der Waals surface area contributed by atoms with Crippen LogP contribution >= 0.6 is 11.3 Å². The minimum absolute atomic E-state index is 0.0357. The quantitative estimate of drug-likeness (QED) is 0.517. The number of carboxylic acid groups (broad SMARTS) is 1. The Balaban J connectivity index is 1.95. The number of carbonyl (C=O) groups excluding carboxylic acids is 3. The van der Waals surface area contributed by atoms with Gasteiger partial charge in [-0.05, 0) is 58.2 Å². The number of ketones is 1. The van der Waals surface area contributed by atoms with Crippen LogP contribution in [0.25, 0.3) is 0 Å². The smallest absolute Gasteiger partial charge is 0.408 e. The maximum Gasteiger partial charge on any atom is 0.408 e. The van der Waals surface area contributed by atoms with Gasteiger partial charge < -0.3 is 20.5 Å². The molecule has 11 heteroatoms. The fourth-order valence-electron chi connectivity index (χ4n) is 3.61. The van der Waals surface area contributed by atoms with Gasteiger partial charge in [0.25, 0.3) is 0 Å². The Morgan fingerprint density at radius 3 is 2.32 bits per heavy atom. The molecule has 0 bridgehead atoms. The predicted octanol–water partition coefficient (Wildman–Crippen LogP) is 4.22. The zero-order valence-electron chi connectivity index (χ0n) is 19.0. The molecule has 0 saturated carbocycles. The molecule has 1 heterocycles. The van der Waals surface area contributed by atoms with E-state index in [1.54, 1.807) is 20.8 Å². The van der Waals surface area contributed by atoms with Gasteiger partial charge in [0.2, 0.25) is 11.7 Å². The number of carboxylic acids is 1. The molecule has 1 aliphatic rings. The Labute approximate surface area is 198 Å². The topological polar surface area (TPSA) is 122 Å². The largest absolute Gasteiger partial charge is 0.481 e. The van der Waals surface area contributed by atoms with E-state index in [4.69, 9.17) is 4.74 Å². The Hall–Kier alpha value is -3.34. The van der Waals surface area contributed by atoms with Crippen molar-refractivity contribution in [3.05, 3.63) is 51.4 Å². The summed E-state index contributed by atoms with van der Waals surface area (Å²) in [5.74, 6) is -5.87. The Morgan fingerprint density at radius 2 is 1.76 bits per heavy atom. The van der Waals surface area contributed by atoms with Crippen molar-refractivity contribution in [1.82, 2.24) is 5.32 Å². The van der Waals surface area contributed by atoms with E-state index in [1.807, 2.05) is 0 Å². The highest BCUT2D eigenvalue weighted by Crippen LogP contribution is 2.46. The van der Waals surface area contributed by atoms with Crippen molar-refractivity contribution in [3.63, 3.8) is 0 Å². The van der Waals surface area contributed by atoms with Gasteiger partial charge in [0.15, 0.2) is 0 Å². The van der Waals surface area contributed by atoms with E-state index in [1.165, 1.54) is 6.92 Å². The van der Waals surface area contributed by atoms with Gasteiger partial charge in [0.1, 0.15) is 28.3 Å². The molecule has 1 aromatic heterocycles. The highest BCUT2D eigenvalue weighted by atomic mass is 32.1. The number of nitrogens with one attached hydrogen (secondary N) is 2. The molecule has 0 spiro atoms. The van der Waals surface area contributed by atoms with Crippen molar-refractivity contribution in [3.8, 4) is 0 Å². The van der Waals surface area contributed by atoms with Crippen molar-refractivity contribution < 1.29 is 37.8 Å². The minimum Gasteiger partial charge on any atom is -0.481 e. The van der Waals surface area contributed by atoms with E-state index in [0.29, 0.717) is 10.4 Å². The lowest BCUT2D eigenvalue weighted by Crippen LogP contribution is -2.44. The summed E-state index contributed by atoms with van der Waals surface area (Å²) in [6.07, 6.45) is -0.414. The fraction of sp³-hybridized carbons (Fsp3) is 0.391. The maximum atomic E-state index is 14.4. The van der Waals surface area contributed by atoms with Crippen LogP contribution in [-0.4, -0.2) is 40.5 Å². The average Bonchev–Trinajstić information content (AvgIpc) is 3.24. The standard InChI is InChI=1S/C23H24F2N2O6S/c1-10(26-22(32)33-23(2,3)4)19(29)27-20-15(11-8-9-12(21(30)31)18(11)34-20)17(28)16-13(24)6-5-7-14(16)25/h5-7,10,12H,8-9H2,1-4H3,(H,26,32)(H,27,29)(H,30,31). The summed E-state index contributed by atoms with van der Waals surface area (Å²) in [7, 11) is 0. The zero-order chi connectivity index (χ0) is 25.4. The van der Waals surface area contributed by atoms with Gasteiger partial charge >= 0.3 is 12.1 Å². The highest BCUT2D eigenvalue weighted by Gasteiger charge is 2.38. The molecular weight excluding hydrogens is 470 g/mol. The lowest BCUT2D eigenvalue weighted by molar-refractivity contribution is -0.138. The Bertz CT molecular complexity index is 1150. The van der Waals surface area contributed by atoms with Gasteiger partial charge in [-0.1, -0.05) is 6.07 Å². The van der Waals surface area contributed by atoms with Crippen LogP contribution in [0.2, 0.25) is 0 Å². The van der Waals surface area contributed by atoms with Crippen LogP contribution in [0.4, 0.5) is 18.6 Å². The Kier molecular flexibility index (Phi) is 7.06. The van der Waals surface area contributed by atoms with Crippen molar-refractivity contribution in [2.24, 2.45) is 0 Å². The van der Waals surface area contributed by atoms with Crippen LogP contribution in [0, 0.1) is 11.6 Å². The lowest BCUT2D eigenvalue weighted by Gasteiger charge is -2.21. The number of hydrogen-bond acceptors (Lipinski definition) is 6. The number of hydrogen-bond donors (Lipinski definition) is 3. The molecule has 182 valence electrons. The van der Waals surface area contributed by atoms with Gasteiger partial charge in [-0.3, -0.25) is 14.4 Å². The van der Waals surface area contributed by atoms with Crippen molar-refractivity contribution in [2.75, 3.05) is 5.32 Å². The molecule has 0 radical (unpaired) electrons. The molecule has 1 aliphatic carbocycles.